The van der Waals surface area contributed by atoms with Crippen LogP contribution in [0.5, 0.6) is 5.75 Å². The van der Waals surface area contributed by atoms with Gasteiger partial charge in [-0.3, -0.25) is 4.79 Å². The van der Waals surface area contributed by atoms with Gasteiger partial charge in [0.1, 0.15) is 18.3 Å². The number of rotatable bonds is 19. The Bertz CT molecular complexity index is 2450. The molecule has 0 radical (unpaired) electrons. The van der Waals surface area contributed by atoms with Crippen molar-refractivity contribution in [2.75, 3.05) is 6.54 Å². The zero-order valence-corrected chi connectivity index (χ0v) is 41.2. The normalized spacial score (nSPS) is 27.9. The van der Waals surface area contributed by atoms with Crippen LogP contribution in [-0.4, -0.2) is 51.3 Å². The van der Waals surface area contributed by atoms with E-state index in [-0.39, 0.29) is 35.5 Å². The molecule has 3 aromatic rings. The number of phenols is 1. The Kier molecular flexibility index (Phi) is 16.6. The average molecular weight is 938 g/mol. The van der Waals surface area contributed by atoms with Gasteiger partial charge in [-0.2, -0.15) is 0 Å². The number of carbonyl (C=O) groups excluding carboxylic acids is 2. The molecule has 3 aromatic carbocycles. The van der Waals surface area contributed by atoms with Crippen LogP contribution in [0, 0.1) is 46.8 Å². The number of aliphatic carboxylic acids is 1. The molecule has 2 fully saturated rings. The molecule has 9 unspecified atom stereocenters. The molecule has 5 aliphatic carbocycles. The predicted molar refractivity (Wildman–Crippen MR) is 274 cm³/mol. The van der Waals surface area contributed by atoms with Gasteiger partial charge in [-0.1, -0.05) is 136 Å². The number of aliphatic hydroxyl groups is 2. The van der Waals surface area contributed by atoms with E-state index in [0.717, 1.165) is 105 Å². The number of benzene rings is 3. The van der Waals surface area contributed by atoms with Crippen LogP contribution < -0.4 is 16.2 Å². The largest absolute Gasteiger partial charge is 0.508 e. The number of hydrogen-bond donors (Lipinski definition) is 5. The monoisotopic (exact) mass is 938 g/mol. The lowest BCUT2D eigenvalue weighted by molar-refractivity contribution is -0.212. The Balaban J connectivity index is 1.15. The van der Waals surface area contributed by atoms with Crippen molar-refractivity contribution in [1.82, 2.24) is 0 Å². The van der Waals surface area contributed by atoms with Crippen molar-refractivity contribution in [3.63, 3.8) is 0 Å². The van der Waals surface area contributed by atoms with Gasteiger partial charge in [-0.15, -0.1) is 0 Å². The van der Waals surface area contributed by atoms with E-state index in [4.69, 9.17) is 5.73 Å². The first-order valence-electron chi connectivity index (χ1n) is 26.7. The Hall–Kier alpha value is -4.63. The highest BCUT2D eigenvalue weighted by Crippen LogP contribution is 2.55. The Morgan fingerprint density at radius 2 is 1.67 bits per heavy atom. The SMILES string of the molecule is CC1(CCCc2cc(C3Cc4cccc(c4)C4(CCC5C=c6ccccc6=CC5C4)C(C(=O)O)C(C(O)(O)CC=O)C=CCC3CCCCCC(C=O)C3C=C(CCN)CC3)ccc2O)CCCC1. The lowest BCUT2D eigenvalue weighted by Gasteiger charge is -2.51. The molecule has 2 saturated carbocycles. The molecule has 370 valence electrons. The lowest BCUT2D eigenvalue weighted by atomic mass is 9.53. The number of aldehydes is 2. The number of aryl methyl sites for hydroxylation is 1. The Labute approximate surface area is 410 Å². The topological polar surface area (TPSA) is 158 Å². The van der Waals surface area contributed by atoms with Crippen molar-refractivity contribution in [2.45, 2.75) is 159 Å². The molecular weight excluding hydrogens is 859 g/mol. The zero-order valence-electron chi connectivity index (χ0n) is 41.2. The van der Waals surface area contributed by atoms with E-state index in [9.17, 15) is 34.8 Å². The van der Waals surface area contributed by atoms with Crippen LogP contribution in [0.25, 0.3) is 12.2 Å². The molecule has 9 atom stereocenters. The molecule has 0 saturated heterocycles. The Morgan fingerprint density at radius 3 is 2.41 bits per heavy atom. The first-order chi connectivity index (χ1) is 33.3. The summed E-state index contributed by atoms with van der Waals surface area (Å²) in [6.07, 6.45) is 30.3. The third kappa shape index (κ3) is 11.8. The minimum absolute atomic E-state index is 0.00208. The lowest BCUT2D eigenvalue weighted by Crippen LogP contribution is -2.55. The quantitative estimate of drug-likeness (QED) is 0.0344. The highest BCUT2D eigenvalue weighted by atomic mass is 16.5. The van der Waals surface area contributed by atoms with E-state index in [1.807, 2.05) is 30.3 Å². The van der Waals surface area contributed by atoms with Crippen molar-refractivity contribution < 1.29 is 34.8 Å². The maximum atomic E-state index is 14.1. The molecule has 0 aliphatic heterocycles. The number of aromatic hydroxyl groups is 1. The van der Waals surface area contributed by atoms with Crippen LogP contribution >= 0.6 is 0 Å². The van der Waals surface area contributed by atoms with E-state index in [1.54, 1.807) is 6.08 Å². The van der Waals surface area contributed by atoms with Gasteiger partial charge in [0.2, 0.25) is 0 Å². The number of carboxylic acids is 1. The summed E-state index contributed by atoms with van der Waals surface area (Å²) in [7, 11) is 0. The highest BCUT2D eigenvalue weighted by Gasteiger charge is 2.56. The summed E-state index contributed by atoms with van der Waals surface area (Å²) in [6, 6.07) is 23.0. The van der Waals surface area contributed by atoms with E-state index >= 15 is 0 Å². The second-order valence-corrected chi connectivity index (χ2v) is 22.5. The van der Waals surface area contributed by atoms with Crippen molar-refractivity contribution >= 4 is 30.7 Å². The van der Waals surface area contributed by atoms with Crippen molar-refractivity contribution in [1.29, 1.82) is 0 Å². The molecule has 2 bridgehead atoms. The number of hydrogen-bond acceptors (Lipinski definition) is 7. The molecule has 8 heteroatoms. The van der Waals surface area contributed by atoms with E-state index in [1.165, 1.54) is 42.0 Å². The fourth-order valence-electron chi connectivity index (χ4n) is 14.0. The van der Waals surface area contributed by atoms with Crippen molar-refractivity contribution in [3.8, 4) is 5.75 Å². The number of carboxylic acid groups (broad SMARTS) is 1. The second kappa shape index (κ2) is 22.6. The Morgan fingerprint density at radius 1 is 0.884 bits per heavy atom. The van der Waals surface area contributed by atoms with Gasteiger partial charge in [0.25, 0.3) is 0 Å². The first-order valence-corrected chi connectivity index (χ1v) is 26.7. The van der Waals surface area contributed by atoms with Crippen LogP contribution in [0.1, 0.15) is 157 Å². The first kappa shape index (κ1) is 50.7. The molecule has 0 heterocycles. The van der Waals surface area contributed by atoms with Crippen LogP contribution in [0.3, 0.4) is 0 Å². The third-order valence-corrected chi connectivity index (χ3v) is 17.9. The van der Waals surface area contributed by atoms with Crippen LogP contribution in [0.2, 0.25) is 0 Å². The molecule has 5 aliphatic rings. The van der Waals surface area contributed by atoms with Gasteiger partial charge in [-0.05, 0) is 177 Å². The van der Waals surface area contributed by atoms with Crippen LogP contribution in [0.4, 0.5) is 0 Å². The molecule has 8 nitrogen and oxygen atoms in total. The van der Waals surface area contributed by atoms with E-state index in [2.05, 4.69) is 67.6 Å². The van der Waals surface area contributed by atoms with E-state index < -0.39 is 35.4 Å². The molecule has 0 amide bonds. The van der Waals surface area contributed by atoms with Gasteiger partial charge in [0, 0.05) is 17.3 Å². The molecule has 0 aromatic heterocycles. The van der Waals surface area contributed by atoms with Gasteiger partial charge in [-0.25, -0.2) is 0 Å². The molecular formula is C61H79NO7. The number of unbranched alkanes of at least 4 members (excludes halogenated alkanes) is 2. The summed E-state index contributed by atoms with van der Waals surface area (Å²) in [4.78, 5) is 38.6. The smallest absolute Gasteiger partial charge is 0.308 e. The van der Waals surface area contributed by atoms with Crippen LogP contribution in [-0.2, 0) is 32.6 Å². The summed E-state index contributed by atoms with van der Waals surface area (Å²) in [5, 5.41) is 49.0. The molecule has 69 heavy (non-hydrogen) atoms. The second-order valence-electron chi connectivity index (χ2n) is 22.5. The van der Waals surface area contributed by atoms with Crippen LogP contribution in [0.15, 0.2) is 90.5 Å². The minimum Gasteiger partial charge on any atom is -0.508 e. The fraction of sp³-hybridized carbons (Fsp3) is 0.557. The summed E-state index contributed by atoms with van der Waals surface area (Å²) in [5.74, 6) is -5.26. The standard InChI is InChI=1S/C61H79NO7/c1-59(27-7-8-28-59)29-11-18-50-39-49(23-24-56(50)65)54-36-43-12-9-19-53(35-43)60(30-25-48-37-45-14-5-6-15-46(45)38-52(48)40-60)57(58(66)67)55(61(68,69)31-33-63)20-10-17-44(54)13-3-2-4-16-51(41-64)47-22-21-42(34-47)26-32-62/h5-6,9-10,12,14-15,19-20,23-24,33-35,37-39,41,44,47-48,51-52,54-55,57,65,68-69H,2-4,7-8,11,13,16-18,21-22,25-32,36,40,62H2,1H3,(H,66,67). The summed E-state index contributed by atoms with van der Waals surface area (Å²) < 4.78 is 0. The number of fused-ring (bicyclic) bond motifs is 5. The van der Waals surface area contributed by atoms with Gasteiger partial charge in [0.15, 0.2) is 5.79 Å². The maximum absolute atomic E-state index is 14.1. The fourth-order valence-corrected chi connectivity index (χ4v) is 14.0. The summed E-state index contributed by atoms with van der Waals surface area (Å²) >= 11 is 0. The van der Waals surface area contributed by atoms with Crippen molar-refractivity contribution in [3.05, 3.63) is 123 Å². The summed E-state index contributed by atoms with van der Waals surface area (Å²) in [5.41, 5.74) is 10.7. The third-order valence-electron chi connectivity index (χ3n) is 17.9. The maximum Gasteiger partial charge on any atom is 0.308 e. The van der Waals surface area contributed by atoms with Gasteiger partial charge < -0.3 is 35.7 Å². The average Bonchev–Trinajstić information content (AvgIpc) is 3.99. The van der Waals surface area contributed by atoms with Crippen molar-refractivity contribution in [2.24, 2.45) is 52.6 Å². The van der Waals surface area contributed by atoms with E-state index in [0.29, 0.717) is 49.7 Å². The van der Waals surface area contributed by atoms with Gasteiger partial charge in [0.05, 0.1) is 12.3 Å². The molecule has 1 spiro atoms. The molecule has 8 rings (SSSR count). The number of phenolic OH excluding ortho intramolecular Hbond substituents is 1. The van der Waals surface area contributed by atoms with Gasteiger partial charge >= 0.3 is 5.97 Å². The summed E-state index contributed by atoms with van der Waals surface area (Å²) in [6.45, 7) is 3.05. The minimum atomic E-state index is -2.60. The number of carbonyl (C=O) groups is 3. The zero-order chi connectivity index (χ0) is 48.6. The number of allylic oxidation sites excluding steroid dienone is 2. The predicted octanol–water partition coefficient (Wildman–Crippen LogP) is 10.2. The number of nitrogens with two attached hydrogens (primary N) is 1. The highest BCUT2D eigenvalue weighted by molar-refractivity contribution is 5.74. The molecule has 6 N–H and O–H groups in total.